The number of pyridine rings is 1. The number of methoxy groups -OCH3 is 1. The topological polar surface area (TPSA) is 80.3 Å². The number of hydrogen-bond acceptors (Lipinski definition) is 5. The summed E-state index contributed by atoms with van der Waals surface area (Å²) < 4.78 is 4.72. The van der Waals surface area contributed by atoms with E-state index in [0.29, 0.717) is 16.9 Å². The standard InChI is InChI=1S/C22H21N3O3/c1-14-6-4-9-19(15(14)2)25-21(26)20-11-10-18(13-23-20)24-17-8-5-7-16(12-17)22(27)28-3/h4-13,24H,1-3H3,(H,25,26). The Kier molecular flexibility index (Phi) is 5.69. The van der Waals surface area contributed by atoms with Crippen LogP contribution in [0.2, 0.25) is 0 Å². The molecule has 28 heavy (non-hydrogen) atoms. The zero-order valence-electron chi connectivity index (χ0n) is 15.9. The summed E-state index contributed by atoms with van der Waals surface area (Å²) in [5.74, 6) is -0.673. The number of carbonyl (C=O) groups excluding carboxylic acids is 2. The first-order chi connectivity index (χ1) is 13.5. The zero-order chi connectivity index (χ0) is 20.1. The van der Waals surface area contributed by atoms with Gasteiger partial charge in [0, 0.05) is 11.4 Å². The molecule has 6 nitrogen and oxygen atoms in total. The van der Waals surface area contributed by atoms with Crippen LogP contribution in [0.5, 0.6) is 0 Å². The summed E-state index contributed by atoms with van der Waals surface area (Å²) in [5, 5.41) is 6.04. The van der Waals surface area contributed by atoms with Crippen molar-refractivity contribution < 1.29 is 14.3 Å². The molecule has 0 unspecified atom stereocenters. The largest absolute Gasteiger partial charge is 0.465 e. The average molecular weight is 375 g/mol. The molecular weight excluding hydrogens is 354 g/mol. The van der Waals surface area contributed by atoms with Crippen LogP contribution in [-0.4, -0.2) is 24.0 Å². The molecule has 2 aromatic carbocycles. The van der Waals surface area contributed by atoms with Crippen LogP contribution < -0.4 is 10.6 Å². The van der Waals surface area contributed by atoms with Gasteiger partial charge in [0.25, 0.3) is 5.91 Å². The van der Waals surface area contributed by atoms with Gasteiger partial charge in [0.2, 0.25) is 0 Å². The molecule has 2 N–H and O–H groups in total. The van der Waals surface area contributed by atoms with E-state index in [0.717, 1.165) is 22.5 Å². The van der Waals surface area contributed by atoms with Crippen molar-refractivity contribution in [3.8, 4) is 0 Å². The average Bonchev–Trinajstić information content (AvgIpc) is 2.71. The zero-order valence-corrected chi connectivity index (χ0v) is 15.9. The van der Waals surface area contributed by atoms with Crippen LogP contribution in [0.15, 0.2) is 60.8 Å². The monoisotopic (exact) mass is 375 g/mol. The van der Waals surface area contributed by atoms with Crippen LogP contribution in [0, 0.1) is 13.8 Å². The summed E-state index contributed by atoms with van der Waals surface area (Å²) in [6.45, 7) is 3.97. The Morgan fingerprint density at radius 1 is 0.964 bits per heavy atom. The van der Waals surface area contributed by atoms with Crippen molar-refractivity contribution in [3.63, 3.8) is 0 Å². The minimum atomic E-state index is -0.403. The Morgan fingerprint density at radius 2 is 1.75 bits per heavy atom. The Morgan fingerprint density at radius 3 is 2.46 bits per heavy atom. The second kappa shape index (κ2) is 8.35. The molecule has 0 aliphatic heterocycles. The van der Waals surface area contributed by atoms with Crippen LogP contribution in [-0.2, 0) is 4.74 Å². The molecule has 0 aliphatic carbocycles. The molecule has 3 aromatic rings. The third kappa shape index (κ3) is 4.35. The number of benzene rings is 2. The number of amides is 1. The van der Waals surface area contributed by atoms with Crippen molar-refractivity contribution in [2.45, 2.75) is 13.8 Å². The summed E-state index contributed by atoms with van der Waals surface area (Å²) >= 11 is 0. The van der Waals surface area contributed by atoms with E-state index < -0.39 is 5.97 Å². The van der Waals surface area contributed by atoms with Gasteiger partial charge in [0.15, 0.2) is 0 Å². The highest BCUT2D eigenvalue weighted by Gasteiger charge is 2.10. The molecule has 0 radical (unpaired) electrons. The number of hydrogen-bond donors (Lipinski definition) is 2. The summed E-state index contributed by atoms with van der Waals surface area (Å²) in [4.78, 5) is 28.3. The Labute approximate surface area is 163 Å². The number of aromatic nitrogens is 1. The first-order valence-electron chi connectivity index (χ1n) is 8.77. The van der Waals surface area contributed by atoms with Crippen LogP contribution in [0.3, 0.4) is 0 Å². The molecule has 142 valence electrons. The predicted octanol–water partition coefficient (Wildman–Crippen LogP) is 4.48. The molecule has 3 rings (SSSR count). The van der Waals surface area contributed by atoms with Gasteiger partial charge in [-0.1, -0.05) is 18.2 Å². The second-order valence-corrected chi connectivity index (χ2v) is 6.33. The number of nitrogens with one attached hydrogen (secondary N) is 2. The van der Waals surface area contributed by atoms with Crippen LogP contribution in [0.25, 0.3) is 0 Å². The van der Waals surface area contributed by atoms with Crippen molar-refractivity contribution in [2.24, 2.45) is 0 Å². The molecule has 0 aliphatic rings. The summed E-state index contributed by atoms with van der Waals surface area (Å²) in [6, 6.07) is 16.1. The van der Waals surface area contributed by atoms with E-state index in [4.69, 9.17) is 4.74 Å². The molecule has 1 heterocycles. The van der Waals surface area contributed by atoms with Gasteiger partial charge >= 0.3 is 5.97 Å². The number of nitrogens with zero attached hydrogens (tertiary/aromatic N) is 1. The Hall–Kier alpha value is -3.67. The van der Waals surface area contributed by atoms with Crippen molar-refractivity contribution in [1.82, 2.24) is 4.98 Å². The summed E-state index contributed by atoms with van der Waals surface area (Å²) in [6.07, 6.45) is 1.57. The van der Waals surface area contributed by atoms with Gasteiger partial charge < -0.3 is 15.4 Å². The second-order valence-electron chi connectivity index (χ2n) is 6.33. The number of aryl methyl sites for hydroxylation is 1. The highest BCUT2D eigenvalue weighted by atomic mass is 16.5. The Bertz CT molecular complexity index is 1010. The van der Waals surface area contributed by atoms with Crippen molar-refractivity contribution in [1.29, 1.82) is 0 Å². The lowest BCUT2D eigenvalue weighted by atomic mass is 10.1. The molecule has 0 saturated carbocycles. The lowest BCUT2D eigenvalue weighted by Gasteiger charge is -2.11. The summed E-state index contributed by atoms with van der Waals surface area (Å²) in [7, 11) is 1.34. The summed E-state index contributed by atoms with van der Waals surface area (Å²) in [5.41, 5.74) is 5.09. The SMILES string of the molecule is COC(=O)c1cccc(Nc2ccc(C(=O)Nc3cccc(C)c3C)nc2)c1. The molecule has 1 aromatic heterocycles. The maximum absolute atomic E-state index is 12.5. The minimum Gasteiger partial charge on any atom is -0.465 e. The molecule has 0 fully saturated rings. The van der Waals surface area contributed by atoms with Crippen LogP contribution in [0.4, 0.5) is 17.1 Å². The van der Waals surface area contributed by atoms with Crippen molar-refractivity contribution in [3.05, 3.63) is 83.2 Å². The van der Waals surface area contributed by atoms with E-state index in [9.17, 15) is 9.59 Å². The highest BCUT2D eigenvalue weighted by molar-refractivity contribution is 6.03. The molecule has 1 amide bonds. The minimum absolute atomic E-state index is 0.270. The van der Waals surface area contributed by atoms with Gasteiger partial charge in [0.1, 0.15) is 5.69 Å². The van der Waals surface area contributed by atoms with E-state index in [1.165, 1.54) is 7.11 Å². The van der Waals surface area contributed by atoms with E-state index in [1.54, 1.807) is 36.5 Å². The van der Waals surface area contributed by atoms with E-state index in [2.05, 4.69) is 15.6 Å². The number of rotatable bonds is 5. The van der Waals surface area contributed by atoms with E-state index in [1.807, 2.05) is 38.1 Å². The molecular formula is C22H21N3O3. The smallest absolute Gasteiger partial charge is 0.337 e. The van der Waals surface area contributed by atoms with Crippen molar-refractivity contribution >= 4 is 28.9 Å². The molecule has 6 heteroatoms. The fourth-order valence-corrected chi connectivity index (χ4v) is 2.68. The van der Waals surface area contributed by atoms with Gasteiger partial charge in [-0.25, -0.2) is 9.78 Å². The molecule has 0 saturated heterocycles. The van der Waals surface area contributed by atoms with Gasteiger partial charge in [-0.3, -0.25) is 4.79 Å². The molecule has 0 bridgehead atoms. The van der Waals surface area contributed by atoms with E-state index >= 15 is 0 Å². The first-order valence-corrected chi connectivity index (χ1v) is 8.77. The highest BCUT2D eigenvalue weighted by Crippen LogP contribution is 2.20. The fourth-order valence-electron chi connectivity index (χ4n) is 2.68. The van der Waals surface area contributed by atoms with Crippen LogP contribution >= 0.6 is 0 Å². The quantitative estimate of drug-likeness (QED) is 0.643. The first kappa shape index (κ1) is 19.1. The van der Waals surface area contributed by atoms with E-state index in [-0.39, 0.29) is 5.91 Å². The molecule has 0 atom stereocenters. The fraction of sp³-hybridized carbons (Fsp3) is 0.136. The number of anilines is 3. The number of carbonyl (C=O) groups is 2. The van der Waals surface area contributed by atoms with Gasteiger partial charge in [0.05, 0.1) is 24.6 Å². The maximum Gasteiger partial charge on any atom is 0.337 e. The van der Waals surface area contributed by atoms with Gasteiger partial charge in [-0.05, 0) is 61.4 Å². The number of ether oxygens (including phenoxy) is 1. The van der Waals surface area contributed by atoms with Gasteiger partial charge in [-0.2, -0.15) is 0 Å². The normalized spacial score (nSPS) is 10.2. The lowest BCUT2D eigenvalue weighted by Crippen LogP contribution is -2.14. The predicted molar refractivity (Wildman–Crippen MR) is 109 cm³/mol. The molecule has 0 spiro atoms. The third-order valence-corrected chi connectivity index (χ3v) is 4.42. The number of esters is 1. The lowest BCUT2D eigenvalue weighted by molar-refractivity contribution is 0.0600. The van der Waals surface area contributed by atoms with Gasteiger partial charge in [-0.15, -0.1) is 0 Å². The van der Waals surface area contributed by atoms with Crippen LogP contribution in [0.1, 0.15) is 32.0 Å². The Balaban J connectivity index is 1.70. The maximum atomic E-state index is 12.5. The van der Waals surface area contributed by atoms with Crippen molar-refractivity contribution in [2.75, 3.05) is 17.7 Å². The third-order valence-electron chi connectivity index (χ3n) is 4.42.